The molecule has 1 rings (SSSR count). The van der Waals surface area contributed by atoms with Crippen molar-refractivity contribution in [1.29, 1.82) is 0 Å². The third-order valence-corrected chi connectivity index (χ3v) is 10.3. The van der Waals surface area contributed by atoms with Gasteiger partial charge in [-0.25, -0.2) is 0 Å². The normalized spacial score (nSPS) is 22.4. The van der Waals surface area contributed by atoms with Gasteiger partial charge in [-0.3, -0.25) is 0 Å². The zero-order chi connectivity index (χ0) is 25.0. The summed E-state index contributed by atoms with van der Waals surface area (Å²) >= 11 is 0. The van der Waals surface area contributed by atoms with E-state index in [0.717, 1.165) is 17.8 Å². The Hall–Kier alpha value is 0. The number of rotatable bonds is 13. The van der Waals surface area contributed by atoms with Gasteiger partial charge in [0.1, 0.15) is 0 Å². The van der Waals surface area contributed by atoms with E-state index in [1.54, 1.807) is 0 Å². The Labute approximate surface area is 211 Å². The van der Waals surface area contributed by atoms with Crippen LogP contribution in [0.1, 0.15) is 178 Å². The molecule has 0 aromatic carbocycles. The fourth-order valence-corrected chi connectivity index (χ4v) is 7.02. The molecule has 33 heavy (non-hydrogen) atoms. The molecule has 0 nitrogen and oxygen atoms in total. The lowest BCUT2D eigenvalue weighted by molar-refractivity contribution is 0.130. The van der Waals surface area contributed by atoms with Crippen LogP contribution in [0.3, 0.4) is 0 Å². The van der Waals surface area contributed by atoms with E-state index in [4.69, 9.17) is 0 Å². The predicted molar refractivity (Wildman–Crippen MR) is 152 cm³/mol. The van der Waals surface area contributed by atoms with E-state index in [1.165, 1.54) is 116 Å². The Morgan fingerprint density at radius 3 is 1.70 bits per heavy atom. The van der Waals surface area contributed by atoms with Crippen molar-refractivity contribution in [2.24, 2.45) is 34.0 Å². The Morgan fingerprint density at radius 2 is 1.21 bits per heavy atom. The van der Waals surface area contributed by atoms with Gasteiger partial charge in [-0.2, -0.15) is 0 Å². The molecule has 0 aliphatic heterocycles. The van der Waals surface area contributed by atoms with Gasteiger partial charge in [0.05, 0.1) is 0 Å². The van der Waals surface area contributed by atoms with E-state index < -0.39 is 0 Å². The maximum atomic E-state index is 2.64. The molecule has 0 bridgehead atoms. The van der Waals surface area contributed by atoms with Gasteiger partial charge in [0.25, 0.3) is 0 Å². The first-order valence-corrected chi connectivity index (χ1v) is 15.4. The van der Waals surface area contributed by atoms with Gasteiger partial charge in [0.2, 0.25) is 0 Å². The maximum absolute atomic E-state index is 2.64. The molecular formula is C33H66. The van der Waals surface area contributed by atoms with Crippen LogP contribution in [0.2, 0.25) is 0 Å². The summed E-state index contributed by atoms with van der Waals surface area (Å²) in [6.07, 6.45) is 26.1. The predicted octanol–water partition coefficient (Wildman–Crippen LogP) is 12.0. The van der Waals surface area contributed by atoms with Crippen LogP contribution >= 0.6 is 0 Å². The largest absolute Gasteiger partial charge is 0.0649 e. The lowest BCUT2D eigenvalue weighted by atomic mass is 9.68. The van der Waals surface area contributed by atoms with E-state index >= 15 is 0 Å². The first-order valence-electron chi connectivity index (χ1n) is 15.4. The first kappa shape index (κ1) is 31.0. The molecule has 0 aromatic heterocycles. The third-order valence-electron chi connectivity index (χ3n) is 10.3. The van der Waals surface area contributed by atoms with Crippen LogP contribution in [0.15, 0.2) is 0 Å². The standard InChI is InChI=1S/C33H66/c1-10-32(8,28(2)3)27-29(4)26-31(6,7)23-19-17-18-22-30(5)33(9)24-20-15-13-11-12-14-16-21-25-33/h28-30H,10-27H2,1-9H3. The summed E-state index contributed by atoms with van der Waals surface area (Å²) in [5.41, 5.74) is 1.61. The van der Waals surface area contributed by atoms with Crippen molar-refractivity contribution >= 4 is 0 Å². The third kappa shape index (κ3) is 12.0. The van der Waals surface area contributed by atoms with Gasteiger partial charge >= 0.3 is 0 Å². The topological polar surface area (TPSA) is 0 Å². The maximum Gasteiger partial charge on any atom is -0.0300 e. The molecule has 0 N–H and O–H groups in total. The van der Waals surface area contributed by atoms with Crippen molar-refractivity contribution in [2.45, 2.75) is 178 Å². The molecule has 3 atom stereocenters. The second-order valence-electron chi connectivity index (χ2n) is 14.3. The summed E-state index contributed by atoms with van der Waals surface area (Å²) in [4.78, 5) is 0. The lowest BCUT2D eigenvalue weighted by Crippen LogP contribution is -2.27. The Bertz CT molecular complexity index is 474. The number of unbranched alkanes of at least 4 members (excludes halogenated alkanes) is 2. The van der Waals surface area contributed by atoms with E-state index in [2.05, 4.69) is 62.3 Å². The molecule has 1 fully saturated rings. The highest BCUT2D eigenvalue weighted by molar-refractivity contribution is 4.82. The van der Waals surface area contributed by atoms with Gasteiger partial charge in [0, 0.05) is 0 Å². The smallest absolute Gasteiger partial charge is 0.0300 e. The molecule has 0 heteroatoms. The zero-order valence-electron chi connectivity index (χ0n) is 25.0. The minimum atomic E-state index is 0.497. The molecule has 198 valence electrons. The number of hydrogen-bond donors (Lipinski definition) is 0. The number of hydrogen-bond acceptors (Lipinski definition) is 0. The zero-order valence-corrected chi connectivity index (χ0v) is 25.0. The van der Waals surface area contributed by atoms with Crippen LogP contribution in [-0.2, 0) is 0 Å². The molecule has 3 unspecified atom stereocenters. The van der Waals surface area contributed by atoms with Gasteiger partial charge in [0.15, 0.2) is 0 Å². The summed E-state index contributed by atoms with van der Waals surface area (Å²) < 4.78 is 0. The minimum absolute atomic E-state index is 0.497. The van der Waals surface area contributed by atoms with Crippen molar-refractivity contribution in [1.82, 2.24) is 0 Å². The average molecular weight is 463 g/mol. The van der Waals surface area contributed by atoms with Crippen molar-refractivity contribution in [3.63, 3.8) is 0 Å². The molecule has 0 amide bonds. The van der Waals surface area contributed by atoms with Gasteiger partial charge in [-0.05, 0) is 66.1 Å². The summed E-state index contributed by atoms with van der Waals surface area (Å²) in [6.45, 7) is 22.6. The van der Waals surface area contributed by atoms with E-state index in [1.807, 2.05) is 0 Å². The highest BCUT2D eigenvalue weighted by Gasteiger charge is 2.31. The minimum Gasteiger partial charge on any atom is -0.0649 e. The van der Waals surface area contributed by atoms with Crippen LogP contribution in [0.4, 0.5) is 0 Å². The second kappa shape index (κ2) is 15.2. The van der Waals surface area contributed by atoms with Gasteiger partial charge < -0.3 is 0 Å². The van der Waals surface area contributed by atoms with Crippen LogP contribution in [0.5, 0.6) is 0 Å². The monoisotopic (exact) mass is 463 g/mol. The van der Waals surface area contributed by atoms with Crippen molar-refractivity contribution in [3.05, 3.63) is 0 Å². The van der Waals surface area contributed by atoms with Crippen molar-refractivity contribution < 1.29 is 0 Å². The molecule has 0 saturated heterocycles. The Morgan fingerprint density at radius 1 is 0.697 bits per heavy atom. The summed E-state index contributed by atoms with van der Waals surface area (Å²) in [6, 6.07) is 0. The fourth-order valence-electron chi connectivity index (χ4n) is 7.02. The van der Waals surface area contributed by atoms with Crippen LogP contribution in [-0.4, -0.2) is 0 Å². The lowest BCUT2D eigenvalue weighted by Gasteiger charge is -2.38. The quantitative estimate of drug-likeness (QED) is 0.239. The molecule has 1 aliphatic rings. The summed E-state index contributed by atoms with van der Waals surface area (Å²) in [5.74, 6) is 2.52. The van der Waals surface area contributed by atoms with E-state index in [0.29, 0.717) is 16.2 Å². The van der Waals surface area contributed by atoms with E-state index in [-0.39, 0.29) is 0 Å². The van der Waals surface area contributed by atoms with Crippen molar-refractivity contribution in [2.75, 3.05) is 0 Å². The molecule has 0 heterocycles. The molecule has 1 saturated carbocycles. The molecule has 0 radical (unpaired) electrons. The molecule has 0 aromatic rings. The Balaban J connectivity index is 2.38. The van der Waals surface area contributed by atoms with E-state index in [9.17, 15) is 0 Å². The Kier molecular flexibility index (Phi) is 14.3. The summed E-state index contributed by atoms with van der Waals surface area (Å²) in [7, 11) is 0. The van der Waals surface area contributed by atoms with Crippen LogP contribution < -0.4 is 0 Å². The highest BCUT2D eigenvalue weighted by atomic mass is 14.4. The van der Waals surface area contributed by atoms with Crippen LogP contribution in [0, 0.1) is 34.0 Å². The fraction of sp³-hybridized carbons (Fsp3) is 1.00. The average Bonchev–Trinajstić information content (AvgIpc) is 2.78. The molecule has 0 spiro atoms. The molecule has 1 aliphatic carbocycles. The summed E-state index contributed by atoms with van der Waals surface area (Å²) in [5, 5.41) is 0. The first-order chi connectivity index (χ1) is 15.4. The van der Waals surface area contributed by atoms with Gasteiger partial charge in [-0.15, -0.1) is 0 Å². The highest BCUT2D eigenvalue weighted by Crippen LogP contribution is 2.43. The molecular weight excluding hydrogens is 396 g/mol. The van der Waals surface area contributed by atoms with Crippen molar-refractivity contribution in [3.8, 4) is 0 Å². The van der Waals surface area contributed by atoms with Crippen LogP contribution in [0.25, 0.3) is 0 Å². The second-order valence-corrected chi connectivity index (χ2v) is 14.3. The van der Waals surface area contributed by atoms with Gasteiger partial charge in [-0.1, -0.05) is 146 Å². The SMILES string of the molecule is CCC(C)(CC(C)CC(C)(C)CCCCCC(C)C1(C)CCCCCCCCCC1)C(C)C.